The smallest absolute Gasteiger partial charge is 0.336 e. The topological polar surface area (TPSA) is 84.9 Å². The summed E-state index contributed by atoms with van der Waals surface area (Å²) in [5.41, 5.74) is 2.84. The lowest BCUT2D eigenvalue weighted by atomic mass is 9.98. The van der Waals surface area contributed by atoms with E-state index in [0.717, 1.165) is 31.2 Å². The lowest BCUT2D eigenvalue weighted by Gasteiger charge is -2.20. The van der Waals surface area contributed by atoms with Crippen molar-refractivity contribution in [1.82, 2.24) is 5.32 Å². The van der Waals surface area contributed by atoms with Crippen LogP contribution in [0.5, 0.6) is 5.75 Å². The molecule has 3 aromatic rings. The van der Waals surface area contributed by atoms with Gasteiger partial charge in [-0.2, -0.15) is 0 Å². The lowest BCUT2D eigenvalue weighted by Crippen LogP contribution is -2.28. The van der Waals surface area contributed by atoms with E-state index < -0.39 is 5.97 Å². The van der Waals surface area contributed by atoms with E-state index in [9.17, 15) is 14.7 Å². The largest absolute Gasteiger partial charge is 0.478 e. The monoisotopic (exact) mass is 553 g/mol. The Kier molecular flexibility index (Phi) is 10.5. The van der Waals surface area contributed by atoms with Crippen molar-refractivity contribution < 1.29 is 24.2 Å². The fourth-order valence-corrected chi connectivity index (χ4v) is 4.71. The first kappa shape index (κ1) is 27.4. The van der Waals surface area contributed by atoms with Gasteiger partial charge in [-0.05, 0) is 52.2 Å². The molecule has 0 aliphatic carbocycles. The molecule has 1 amide bonds. The average Bonchev–Trinajstić information content (AvgIpc) is 2.89. The lowest BCUT2D eigenvalue weighted by molar-refractivity contribution is 0.0515. The molecule has 7 heteroatoms. The third-order valence-corrected chi connectivity index (χ3v) is 6.80. The van der Waals surface area contributed by atoms with Gasteiger partial charge < -0.3 is 19.9 Å². The van der Waals surface area contributed by atoms with Crippen molar-refractivity contribution in [3.05, 3.63) is 87.9 Å². The van der Waals surface area contributed by atoms with Crippen LogP contribution in [0.1, 0.15) is 71.3 Å². The molecular formula is C29H32BrNO5. The Balaban J connectivity index is 1.94. The first-order valence-electron chi connectivity index (χ1n) is 12.1. The van der Waals surface area contributed by atoms with Crippen molar-refractivity contribution in [3.63, 3.8) is 0 Å². The van der Waals surface area contributed by atoms with Gasteiger partial charge in [-0.3, -0.25) is 4.79 Å². The fourth-order valence-electron chi connectivity index (χ4n) is 4.06. The zero-order valence-corrected chi connectivity index (χ0v) is 22.2. The van der Waals surface area contributed by atoms with Crippen molar-refractivity contribution in [2.75, 3.05) is 13.9 Å². The van der Waals surface area contributed by atoms with Gasteiger partial charge in [-0.15, -0.1) is 0 Å². The van der Waals surface area contributed by atoms with Crippen LogP contribution in [-0.4, -0.2) is 30.9 Å². The fraction of sp³-hybridized carbons (Fsp3) is 0.310. The van der Waals surface area contributed by atoms with E-state index in [2.05, 4.69) is 28.2 Å². The molecule has 0 aromatic heterocycles. The molecule has 2 N–H and O–H groups in total. The van der Waals surface area contributed by atoms with Gasteiger partial charge in [0.25, 0.3) is 5.91 Å². The van der Waals surface area contributed by atoms with E-state index in [1.807, 2.05) is 30.3 Å². The summed E-state index contributed by atoms with van der Waals surface area (Å²) in [7, 11) is 1.52. The molecule has 1 atom stereocenters. The Morgan fingerprint density at radius 1 is 0.972 bits per heavy atom. The molecule has 0 radical (unpaired) electrons. The number of carbonyl (C=O) groups is 2. The quantitative estimate of drug-likeness (QED) is 0.172. The second-order valence-electron chi connectivity index (χ2n) is 8.52. The highest BCUT2D eigenvalue weighted by Crippen LogP contribution is 2.38. The number of benzene rings is 3. The van der Waals surface area contributed by atoms with Gasteiger partial charge in [-0.1, -0.05) is 75.1 Å². The Hall–Kier alpha value is -3.16. The summed E-state index contributed by atoms with van der Waals surface area (Å²) in [5.74, 6) is -0.772. The highest BCUT2D eigenvalue weighted by Gasteiger charge is 2.20. The molecule has 36 heavy (non-hydrogen) atoms. The molecule has 0 fully saturated rings. The Bertz CT molecular complexity index is 1170. The minimum absolute atomic E-state index is 0.0165. The number of amides is 1. The van der Waals surface area contributed by atoms with Crippen LogP contribution in [0.2, 0.25) is 0 Å². The molecule has 1 unspecified atom stereocenters. The number of carboxylic acids is 1. The first-order valence-corrected chi connectivity index (χ1v) is 12.9. The summed E-state index contributed by atoms with van der Waals surface area (Å²) in [6, 6.07) is 20.0. The summed E-state index contributed by atoms with van der Waals surface area (Å²) in [6.45, 7) is 2.20. The number of hydrogen-bond donors (Lipinski definition) is 2. The molecule has 0 bridgehead atoms. The highest BCUT2D eigenvalue weighted by molar-refractivity contribution is 9.10. The van der Waals surface area contributed by atoms with Crippen LogP contribution in [0.3, 0.4) is 0 Å². The SMILES string of the molecule is CCCCCCC(NC(=O)c1ccc(OCOC)c(-c2cccc(C(=O)O)c2Br)c1)c1ccccc1. The van der Waals surface area contributed by atoms with Gasteiger partial charge in [0.1, 0.15) is 5.75 Å². The normalized spacial score (nSPS) is 11.6. The number of nitrogens with one attached hydrogen (secondary N) is 1. The Labute approximate surface area is 220 Å². The van der Waals surface area contributed by atoms with Gasteiger partial charge in [0.2, 0.25) is 0 Å². The zero-order valence-electron chi connectivity index (χ0n) is 20.6. The van der Waals surface area contributed by atoms with E-state index in [4.69, 9.17) is 9.47 Å². The Morgan fingerprint density at radius 3 is 2.44 bits per heavy atom. The summed E-state index contributed by atoms with van der Waals surface area (Å²) in [4.78, 5) is 25.1. The van der Waals surface area contributed by atoms with Gasteiger partial charge in [0, 0.05) is 28.3 Å². The first-order chi connectivity index (χ1) is 17.5. The van der Waals surface area contributed by atoms with Crippen LogP contribution in [0.25, 0.3) is 11.1 Å². The molecule has 190 valence electrons. The number of ether oxygens (including phenoxy) is 2. The predicted molar refractivity (Wildman–Crippen MR) is 144 cm³/mol. The van der Waals surface area contributed by atoms with Crippen molar-refractivity contribution in [2.24, 2.45) is 0 Å². The van der Waals surface area contributed by atoms with Gasteiger partial charge >= 0.3 is 5.97 Å². The van der Waals surface area contributed by atoms with E-state index >= 15 is 0 Å². The van der Waals surface area contributed by atoms with E-state index in [-0.39, 0.29) is 24.3 Å². The highest BCUT2D eigenvalue weighted by atomic mass is 79.9. The van der Waals surface area contributed by atoms with Crippen molar-refractivity contribution in [3.8, 4) is 16.9 Å². The maximum Gasteiger partial charge on any atom is 0.336 e. The van der Waals surface area contributed by atoms with E-state index in [1.165, 1.54) is 19.6 Å². The van der Waals surface area contributed by atoms with Gasteiger partial charge in [-0.25, -0.2) is 4.79 Å². The molecule has 0 heterocycles. The number of unbranched alkanes of at least 4 members (excludes halogenated alkanes) is 3. The van der Waals surface area contributed by atoms with Crippen molar-refractivity contribution >= 4 is 27.8 Å². The third kappa shape index (κ3) is 7.18. The third-order valence-electron chi connectivity index (χ3n) is 5.95. The minimum Gasteiger partial charge on any atom is -0.478 e. The second-order valence-corrected chi connectivity index (χ2v) is 9.31. The number of halogens is 1. The van der Waals surface area contributed by atoms with Crippen molar-refractivity contribution in [2.45, 2.75) is 45.1 Å². The standard InChI is InChI=1S/C29H32BrNO5/c1-3-4-5-9-15-25(20-11-7-6-8-12-20)31-28(32)21-16-17-26(36-19-35-2)24(18-21)22-13-10-14-23(27(22)30)29(33)34/h6-8,10-14,16-18,25H,3-5,9,15,19H2,1-2H3,(H,31,32)(H,33,34). The van der Waals surface area contributed by atoms with Crippen LogP contribution in [-0.2, 0) is 4.74 Å². The van der Waals surface area contributed by atoms with Crippen LogP contribution in [0.15, 0.2) is 71.2 Å². The van der Waals surface area contributed by atoms with Crippen molar-refractivity contribution in [1.29, 1.82) is 0 Å². The molecule has 0 saturated carbocycles. The molecule has 0 saturated heterocycles. The maximum absolute atomic E-state index is 13.4. The van der Waals surface area contributed by atoms with E-state index in [1.54, 1.807) is 30.3 Å². The average molecular weight is 554 g/mol. The number of methoxy groups -OCH3 is 1. The number of carboxylic acid groups (broad SMARTS) is 1. The zero-order chi connectivity index (χ0) is 25.9. The summed E-state index contributed by atoms with van der Waals surface area (Å²) in [5, 5.41) is 12.8. The molecule has 3 rings (SSSR count). The number of hydrogen-bond acceptors (Lipinski definition) is 4. The van der Waals surface area contributed by atoms with E-state index in [0.29, 0.717) is 26.9 Å². The molecule has 3 aromatic carbocycles. The minimum atomic E-state index is -1.05. The van der Waals surface area contributed by atoms with Gasteiger partial charge in [0.15, 0.2) is 6.79 Å². The maximum atomic E-state index is 13.4. The number of aromatic carboxylic acids is 1. The molecule has 0 spiro atoms. The molecule has 6 nitrogen and oxygen atoms in total. The van der Waals surface area contributed by atoms with Gasteiger partial charge in [0.05, 0.1) is 11.6 Å². The van der Waals surface area contributed by atoms with Crippen LogP contribution >= 0.6 is 15.9 Å². The Morgan fingerprint density at radius 2 is 1.75 bits per heavy atom. The number of carbonyl (C=O) groups excluding carboxylic acids is 1. The number of rotatable bonds is 13. The summed E-state index contributed by atoms with van der Waals surface area (Å²) < 4.78 is 11.2. The van der Waals surface area contributed by atoms with Crippen LogP contribution in [0.4, 0.5) is 0 Å². The molecule has 0 aliphatic heterocycles. The summed E-state index contributed by atoms with van der Waals surface area (Å²) in [6.07, 6.45) is 5.33. The molecule has 0 aliphatic rings. The predicted octanol–water partition coefficient (Wildman–Crippen LogP) is 7.24. The van der Waals surface area contributed by atoms with Crippen LogP contribution in [0, 0.1) is 0 Å². The van der Waals surface area contributed by atoms with Crippen LogP contribution < -0.4 is 10.1 Å². The summed E-state index contributed by atoms with van der Waals surface area (Å²) >= 11 is 3.43. The molecular weight excluding hydrogens is 522 g/mol. The second kappa shape index (κ2) is 13.8.